The molecular weight excluding hydrogens is 438 g/mol. The normalized spacial score (nSPS) is 14.6. The molecule has 8 heteroatoms. The van der Waals surface area contributed by atoms with Crippen LogP contribution < -0.4 is 14.5 Å². The summed E-state index contributed by atoms with van der Waals surface area (Å²) in [6.07, 6.45) is 0. The number of rotatable bonds is 6. The van der Waals surface area contributed by atoms with Crippen LogP contribution in [0.3, 0.4) is 0 Å². The predicted octanol–water partition coefficient (Wildman–Crippen LogP) is 3.50. The predicted molar refractivity (Wildman–Crippen MR) is 132 cm³/mol. The Labute approximate surface area is 196 Å². The van der Waals surface area contributed by atoms with Crippen LogP contribution in [0, 0.1) is 4.77 Å². The van der Waals surface area contributed by atoms with E-state index in [9.17, 15) is 0 Å². The Hall–Kier alpha value is -2.94. The van der Waals surface area contributed by atoms with E-state index < -0.39 is 0 Å². The molecule has 3 heterocycles. The molecular formula is C24H26N5OS2+. The van der Waals surface area contributed by atoms with Crippen molar-refractivity contribution in [2.75, 3.05) is 38.2 Å². The average Bonchev–Trinajstić information content (AvgIpc) is 3.49. The van der Waals surface area contributed by atoms with Gasteiger partial charge in [0.05, 0.1) is 43.9 Å². The average molecular weight is 465 g/mol. The molecule has 4 aromatic rings. The third-order valence-corrected chi connectivity index (χ3v) is 7.14. The highest BCUT2D eigenvalue weighted by molar-refractivity contribution is 7.71. The number of thiophene rings is 1. The fourth-order valence-electron chi connectivity index (χ4n) is 4.13. The first-order valence-corrected chi connectivity index (χ1v) is 12.0. The van der Waals surface area contributed by atoms with Crippen LogP contribution in [-0.2, 0) is 6.67 Å². The van der Waals surface area contributed by atoms with E-state index in [0.717, 1.165) is 59.8 Å². The van der Waals surface area contributed by atoms with Gasteiger partial charge in [0, 0.05) is 5.69 Å². The van der Waals surface area contributed by atoms with E-state index in [4.69, 9.17) is 22.1 Å². The van der Waals surface area contributed by atoms with Gasteiger partial charge in [-0.2, -0.15) is 4.68 Å². The summed E-state index contributed by atoms with van der Waals surface area (Å²) in [4.78, 5) is 5.04. The van der Waals surface area contributed by atoms with Crippen LogP contribution in [0.25, 0.3) is 16.4 Å². The van der Waals surface area contributed by atoms with Crippen molar-refractivity contribution in [2.24, 2.45) is 0 Å². The summed E-state index contributed by atoms with van der Waals surface area (Å²) in [5, 5.41) is 7.04. The molecule has 0 saturated carbocycles. The quantitative estimate of drug-likeness (QED) is 0.444. The summed E-state index contributed by atoms with van der Waals surface area (Å²) < 4.78 is 10.1. The Morgan fingerprint density at radius 3 is 2.38 bits per heavy atom. The van der Waals surface area contributed by atoms with Gasteiger partial charge in [0.2, 0.25) is 4.77 Å². The fourth-order valence-corrected chi connectivity index (χ4v) is 5.13. The molecule has 1 aliphatic rings. The van der Waals surface area contributed by atoms with Crippen LogP contribution in [0.2, 0.25) is 0 Å². The number of benzene rings is 2. The standard InChI is InChI=1S/C24H25N5OS2/c1-30-21-11-9-19(10-12-21)27-15-13-26(14-16-27)18-28-24(31)29(20-6-3-2-4-7-20)23(25-28)22-8-5-17-32-22/h2-12,17H,13-16,18H2,1H3/p+1. The molecule has 2 aromatic carbocycles. The van der Waals surface area contributed by atoms with Crippen LogP contribution in [0.15, 0.2) is 72.1 Å². The highest BCUT2D eigenvalue weighted by Crippen LogP contribution is 2.26. The third kappa shape index (κ3) is 4.21. The number of nitrogens with one attached hydrogen (secondary N) is 1. The van der Waals surface area contributed by atoms with Gasteiger partial charge in [0.15, 0.2) is 12.5 Å². The molecule has 0 unspecified atom stereocenters. The first-order valence-electron chi connectivity index (χ1n) is 10.7. The van der Waals surface area contributed by atoms with Gasteiger partial charge in [0.25, 0.3) is 0 Å². The lowest BCUT2D eigenvalue weighted by atomic mass is 10.2. The molecule has 1 aliphatic heterocycles. The molecule has 0 radical (unpaired) electrons. The first kappa shape index (κ1) is 20.9. The van der Waals surface area contributed by atoms with E-state index in [-0.39, 0.29) is 0 Å². The van der Waals surface area contributed by atoms with E-state index in [0.29, 0.717) is 0 Å². The maximum absolute atomic E-state index is 5.89. The Bertz CT molecular complexity index is 1210. The van der Waals surface area contributed by atoms with Crippen LogP contribution in [0.1, 0.15) is 0 Å². The van der Waals surface area contributed by atoms with Crippen molar-refractivity contribution in [1.82, 2.24) is 14.3 Å². The summed E-state index contributed by atoms with van der Waals surface area (Å²) in [6.45, 7) is 4.87. The van der Waals surface area contributed by atoms with Gasteiger partial charge in [-0.25, -0.2) is 0 Å². The second-order valence-electron chi connectivity index (χ2n) is 7.85. The Morgan fingerprint density at radius 1 is 0.969 bits per heavy atom. The van der Waals surface area contributed by atoms with Gasteiger partial charge in [-0.15, -0.1) is 16.4 Å². The van der Waals surface area contributed by atoms with Crippen molar-refractivity contribution in [1.29, 1.82) is 0 Å². The summed E-state index contributed by atoms with van der Waals surface area (Å²) in [6, 6.07) is 22.7. The minimum Gasteiger partial charge on any atom is -0.497 e. The second-order valence-corrected chi connectivity index (χ2v) is 9.16. The molecule has 5 rings (SSSR count). The molecule has 0 bridgehead atoms. The van der Waals surface area contributed by atoms with Crippen LogP contribution in [0.5, 0.6) is 5.75 Å². The van der Waals surface area contributed by atoms with Crippen molar-refractivity contribution in [3.63, 3.8) is 0 Å². The number of quaternary nitrogens is 1. The van der Waals surface area contributed by atoms with Crippen molar-refractivity contribution in [3.05, 3.63) is 76.9 Å². The number of hydrogen-bond donors (Lipinski definition) is 1. The fraction of sp³-hybridized carbons (Fsp3) is 0.250. The van der Waals surface area contributed by atoms with E-state index in [1.54, 1.807) is 18.4 Å². The minimum absolute atomic E-state index is 0.740. The number of nitrogens with zero attached hydrogens (tertiary/aromatic N) is 4. The van der Waals surface area contributed by atoms with Gasteiger partial charge in [-0.05, 0) is 60.1 Å². The summed E-state index contributed by atoms with van der Waals surface area (Å²) in [5.41, 5.74) is 2.29. The number of anilines is 1. The molecule has 1 N–H and O–H groups in total. The summed E-state index contributed by atoms with van der Waals surface area (Å²) in [5.74, 6) is 1.80. The third-order valence-electron chi connectivity index (χ3n) is 5.88. The molecule has 1 fully saturated rings. The lowest BCUT2D eigenvalue weighted by Gasteiger charge is -2.33. The van der Waals surface area contributed by atoms with Gasteiger partial charge in [-0.1, -0.05) is 24.3 Å². The van der Waals surface area contributed by atoms with Crippen LogP contribution >= 0.6 is 23.6 Å². The lowest BCUT2D eigenvalue weighted by molar-refractivity contribution is -0.924. The van der Waals surface area contributed by atoms with Crippen molar-refractivity contribution in [2.45, 2.75) is 6.67 Å². The Balaban J connectivity index is 1.34. The number of ether oxygens (including phenoxy) is 1. The number of para-hydroxylation sites is 1. The number of aromatic nitrogens is 3. The van der Waals surface area contributed by atoms with Crippen molar-refractivity contribution in [3.8, 4) is 22.1 Å². The lowest BCUT2D eigenvalue weighted by Crippen LogP contribution is -3.14. The zero-order valence-electron chi connectivity index (χ0n) is 18.0. The van der Waals surface area contributed by atoms with Crippen LogP contribution in [0.4, 0.5) is 5.69 Å². The zero-order chi connectivity index (χ0) is 21.9. The first-order chi connectivity index (χ1) is 15.7. The molecule has 0 atom stereocenters. The van der Waals surface area contributed by atoms with Gasteiger partial charge < -0.3 is 14.5 Å². The second kappa shape index (κ2) is 9.28. The maximum Gasteiger partial charge on any atom is 0.207 e. The topological polar surface area (TPSA) is 39.7 Å². The molecule has 0 spiro atoms. The molecule has 6 nitrogen and oxygen atoms in total. The van der Waals surface area contributed by atoms with Gasteiger partial charge in [-0.3, -0.25) is 4.57 Å². The highest BCUT2D eigenvalue weighted by Gasteiger charge is 2.23. The van der Waals surface area contributed by atoms with Gasteiger partial charge >= 0.3 is 0 Å². The molecule has 164 valence electrons. The SMILES string of the molecule is COc1ccc(N2CC[NH+](Cn3nc(-c4cccs4)n(-c4ccccc4)c3=S)CC2)cc1. The maximum atomic E-state index is 5.89. The molecule has 32 heavy (non-hydrogen) atoms. The molecule has 2 aromatic heterocycles. The summed E-state index contributed by atoms with van der Waals surface area (Å²) in [7, 11) is 1.70. The van der Waals surface area contributed by atoms with E-state index in [2.05, 4.69) is 51.2 Å². The number of piperazine rings is 1. The van der Waals surface area contributed by atoms with E-state index in [1.807, 2.05) is 35.0 Å². The largest absolute Gasteiger partial charge is 0.497 e. The zero-order valence-corrected chi connectivity index (χ0v) is 19.6. The number of hydrogen-bond acceptors (Lipinski definition) is 5. The van der Waals surface area contributed by atoms with Crippen molar-refractivity contribution >= 4 is 29.2 Å². The van der Waals surface area contributed by atoms with Crippen molar-refractivity contribution < 1.29 is 9.64 Å². The number of methoxy groups -OCH3 is 1. The highest BCUT2D eigenvalue weighted by atomic mass is 32.1. The minimum atomic E-state index is 0.740. The van der Waals surface area contributed by atoms with E-state index in [1.165, 1.54) is 10.6 Å². The summed E-state index contributed by atoms with van der Waals surface area (Å²) >= 11 is 7.58. The molecule has 1 saturated heterocycles. The molecule has 0 amide bonds. The van der Waals surface area contributed by atoms with Gasteiger partial charge in [0.1, 0.15) is 5.75 Å². The molecule has 0 aliphatic carbocycles. The Kier molecular flexibility index (Phi) is 6.07. The van der Waals surface area contributed by atoms with Crippen LogP contribution in [-0.4, -0.2) is 47.6 Å². The monoisotopic (exact) mass is 464 g/mol. The Morgan fingerprint density at radius 2 is 1.72 bits per heavy atom. The smallest absolute Gasteiger partial charge is 0.207 e. The van der Waals surface area contributed by atoms with E-state index >= 15 is 0 Å².